The molecule has 0 radical (unpaired) electrons. The highest BCUT2D eigenvalue weighted by Gasteiger charge is 2.20. The number of rotatable bonds is 7. The molecular weight excluding hydrogens is 434 g/mol. The molecule has 0 bridgehead atoms. The Balaban J connectivity index is 1.73. The molecule has 0 saturated heterocycles. The van der Waals surface area contributed by atoms with Gasteiger partial charge in [0.25, 0.3) is 0 Å². The SMILES string of the molecule is Cc1ccc(-n2c(C)nnc2SCC(=O)Nc2ccc(C)c(S(=O)(=O)N(C)C)c2)cc1. The number of amides is 1. The molecule has 8 nitrogen and oxygen atoms in total. The van der Waals surface area contributed by atoms with Gasteiger partial charge in [0.2, 0.25) is 15.9 Å². The van der Waals surface area contributed by atoms with Crippen molar-refractivity contribution in [3.8, 4) is 5.69 Å². The number of aryl methyl sites for hydroxylation is 3. The molecule has 0 spiro atoms. The topological polar surface area (TPSA) is 97.2 Å². The third-order valence-corrected chi connectivity index (χ3v) is 7.54. The first-order valence-electron chi connectivity index (χ1n) is 9.54. The Kier molecular flexibility index (Phi) is 6.83. The molecule has 3 aromatic rings. The number of thioether (sulfide) groups is 1. The van der Waals surface area contributed by atoms with Gasteiger partial charge in [-0.1, -0.05) is 35.5 Å². The molecule has 31 heavy (non-hydrogen) atoms. The summed E-state index contributed by atoms with van der Waals surface area (Å²) in [6, 6.07) is 12.8. The Morgan fingerprint density at radius 2 is 1.74 bits per heavy atom. The average Bonchev–Trinajstić information content (AvgIpc) is 3.08. The Morgan fingerprint density at radius 1 is 1.06 bits per heavy atom. The number of anilines is 1. The van der Waals surface area contributed by atoms with Crippen molar-refractivity contribution in [2.75, 3.05) is 25.2 Å². The van der Waals surface area contributed by atoms with E-state index in [4.69, 9.17) is 0 Å². The lowest BCUT2D eigenvalue weighted by atomic mass is 10.2. The zero-order valence-corrected chi connectivity index (χ0v) is 19.7. The molecule has 0 fully saturated rings. The van der Waals surface area contributed by atoms with E-state index in [1.54, 1.807) is 19.1 Å². The third-order valence-electron chi connectivity index (χ3n) is 4.65. The highest BCUT2D eigenvalue weighted by Crippen LogP contribution is 2.24. The number of nitrogens with one attached hydrogen (secondary N) is 1. The summed E-state index contributed by atoms with van der Waals surface area (Å²) in [6.07, 6.45) is 0. The summed E-state index contributed by atoms with van der Waals surface area (Å²) in [5.41, 5.74) is 3.11. The lowest BCUT2D eigenvalue weighted by Gasteiger charge is -2.15. The van der Waals surface area contributed by atoms with Crippen molar-refractivity contribution >= 4 is 33.4 Å². The zero-order chi connectivity index (χ0) is 22.8. The molecule has 0 saturated carbocycles. The molecule has 10 heteroatoms. The monoisotopic (exact) mass is 459 g/mol. The second kappa shape index (κ2) is 9.21. The largest absolute Gasteiger partial charge is 0.325 e. The molecule has 1 amide bonds. The summed E-state index contributed by atoms with van der Waals surface area (Å²) < 4.78 is 28.0. The van der Waals surface area contributed by atoms with Crippen LogP contribution in [0, 0.1) is 20.8 Å². The molecular formula is C21H25N5O3S2. The van der Waals surface area contributed by atoms with Crippen molar-refractivity contribution in [2.24, 2.45) is 0 Å². The van der Waals surface area contributed by atoms with Gasteiger partial charge < -0.3 is 5.32 Å². The summed E-state index contributed by atoms with van der Waals surface area (Å²) in [5, 5.41) is 11.7. The number of carbonyl (C=O) groups is 1. The molecule has 0 aliphatic rings. The Morgan fingerprint density at radius 3 is 2.39 bits per heavy atom. The van der Waals surface area contributed by atoms with Crippen LogP contribution in [0.4, 0.5) is 5.69 Å². The van der Waals surface area contributed by atoms with Crippen molar-refractivity contribution in [3.05, 3.63) is 59.4 Å². The van der Waals surface area contributed by atoms with Crippen LogP contribution >= 0.6 is 11.8 Å². The Bertz CT molecular complexity index is 1200. The van der Waals surface area contributed by atoms with Crippen LogP contribution in [0.25, 0.3) is 5.69 Å². The minimum absolute atomic E-state index is 0.105. The van der Waals surface area contributed by atoms with E-state index in [1.165, 1.54) is 31.9 Å². The minimum atomic E-state index is -3.60. The van der Waals surface area contributed by atoms with Gasteiger partial charge in [0.1, 0.15) is 5.82 Å². The summed E-state index contributed by atoms with van der Waals surface area (Å²) >= 11 is 1.26. The van der Waals surface area contributed by atoms with Crippen molar-refractivity contribution in [3.63, 3.8) is 0 Å². The van der Waals surface area contributed by atoms with Gasteiger partial charge in [-0.05, 0) is 50.6 Å². The zero-order valence-electron chi connectivity index (χ0n) is 18.1. The molecule has 0 unspecified atom stereocenters. The van der Waals surface area contributed by atoms with Crippen LogP contribution in [-0.4, -0.2) is 53.2 Å². The fourth-order valence-electron chi connectivity index (χ4n) is 2.91. The number of hydrogen-bond acceptors (Lipinski definition) is 6. The van der Waals surface area contributed by atoms with Gasteiger partial charge in [0.05, 0.1) is 10.6 Å². The van der Waals surface area contributed by atoms with Crippen molar-refractivity contribution in [2.45, 2.75) is 30.8 Å². The average molecular weight is 460 g/mol. The fraction of sp³-hybridized carbons (Fsp3) is 0.286. The fourth-order valence-corrected chi connectivity index (χ4v) is 4.85. The number of sulfonamides is 1. The summed E-state index contributed by atoms with van der Waals surface area (Å²) in [6.45, 7) is 5.59. The number of hydrogen-bond donors (Lipinski definition) is 1. The van der Waals surface area contributed by atoms with Crippen LogP contribution in [0.3, 0.4) is 0 Å². The van der Waals surface area contributed by atoms with Gasteiger partial charge in [-0.2, -0.15) is 0 Å². The predicted molar refractivity (Wildman–Crippen MR) is 122 cm³/mol. The number of aromatic nitrogens is 3. The second-order valence-electron chi connectivity index (χ2n) is 7.31. The van der Waals surface area contributed by atoms with Crippen molar-refractivity contribution < 1.29 is 13.2 Å². The maximum absolute atomic E-state index is 12.5. The molecule has 0 aliphatic carbocycles. The van der Waals surface area contributed by atoms with Crippen LogP contribution in [-0.2, 0) is 14.8 Å². The first-order valence-corrected chi connectivity index (χ1v) is 12.0. The van der Waals surface area contributed by atoms with E-state index in [0.29, 0.717) is 16.4 Å². The van der Waals surface area contributed by atoms with E-state index >= 15 is 0 Å². The van der Waals surface area contributed by atoms with Gasteiger partial charge >= 0.3 is 0 Å². The van der Waals surface area contributed by atoms with E-state index in [9.17, 15) is 13.2 Å². The minimum Gasteiger partial charge on any atom is -0.325 e. The van der Waals surface area contributed by atoms with E-state index in [-0.39, 0.29) is 16.6 Å². The predicted octanol–water partition coefficient (Wildman–Crippen LogP) is 3.17. The van der Waals surface area contributed by atoms with E-state index in [1.807, 2.05) is 42.7 Å². The maximum atomic E-state index is 12.5. The molecule has 1 heterocycles. The van der Waals surface area contributed by atoms with Crippen LogP contribution in [0.2, 0.25) is 0 Å². The van der Waals surface area contributed by atoms with Crippen LogP contribution < -0.4 is 5.32 Å². The van der Waals surface area contributed by atoms with Gasteiger partial charge in [-0.25, -0.2) is 12.7 Å². The molecule has 0 aliphatic heterocycles. The molecule has 0 atom stereocenters. The van der Waals surface area contributed by atoms with E-state index in [2.05, 4.69) is 15.5 Å². The lowest BCUT2D eigenvalue weighted by molar-refractivity contribution is -0.113. The number of benzene rings is 2. The van der Waals surface area contributed by atoms with E-state index in [0.717, 1.165) is 21.4 Å². The van der Waals surface area contributed by atoms with Gasteiger partial charge in [0, 0.05) is 25.5 Å². The van der Waals surface area contributed by atoms with Crippen LogP contribution in [0.5, 0.6) is 0 Å². The summed E-state index contributed by atoms with van der Waals surface area (Å²) in [5.74, 6) is 0.565. The Hall–Kier alpha value is -2.69. The van der Waals surface area contributed by atoms with Gasteiger partial charge in [0.15, 0.2) is 5.16 Å². The molecule has 1 aromatic heterocycles. The Labute approximate surface area is 186 Å². The van der Waals surface area contributed by atoms with Gasteiger partial charge in [-0.15, -0.1) is 10.2 Å². The van der Waals surface area contributed by atoms with E-state index < -0.39 is 10.0 Å². The first-order chi connectivity index (χ1) is 14.6. The third kappa shape index (κ3) is 5.15. The lowest BCUT2D eigenvalue weighted by Crippen LogP contribution is -2.23. The highest BCUT2D eigenvalue weighted by atomic mass is 32.2. The van der Waals surface area contributed by atoms with Crippen molar-refractivity contribution in [1.29, 1.82) is 0 Å². The number of carbonyl (C=O) groups excluding carboxylic acids is 1. The van der Waals surface area contributed by atoms with Gasteiger partial charge in [-0.3, -0.25) is 9.36 Å². The first kappa shape index (κ1) is 23.0. The maximum Gasteiger partial charge on any atom is 0.242 e. The molecule has 3 rings (SSSR count). The smallest absolute Gasteiger partial charge is 0.242 e. The highest BCUT2D eigenvalue weighted by molar-refractivity contribution is 7.99. The second-order valence-corrected chi connectivity index (χ2v) is 10.4. The molecule has 1 N–H and O–H groups in total. The summed E-state index contributed by atoms with van der Waals surface area (Å²) in [7, 11) is -0.652. The quantitative estimate of drug-likeness (QED) is 0.545. The van der Waals surface area contributed by atoms with Crippen molar-refractivity contribution in [1.82, 2.24) is 19.1 Å². The molecule has 2 aromatic carbocycles. The normalized spacial score (nSPS) is 11.7. The standard InChI is InChI=1S/C21H25N5O3S2/c1-14-6-10-18(11-7-14)26-16(3)23-24-21(26)30-13-20(27)22-17-9-8-15(2)19(12-17)31(28,29)25(4)5/h6-12H,13H2,1-5H3,(H,22,27). The van der Waals surface area contributed by atoms with Crippen LogP contribution in [0.15, 0.2) is 52.5 Å². The summed E-state index contributed by atoms with van der Waals surface area (Å²) in [4.78, 5) is 12.7. The number of nitrogens with zero attached hydrogens (tertiary/aromatic N) is 4. The molecule has 164 valence electrons. The van der Waals surface area contributed by atoms with Crippen LogP contribution in [0.1, 0.15) is 17.0 Å².